The summed E-state index contributed by atoms with van der Waals surface area (Å²) in [6.07, 6.45) is 2.33. The number of carbonyl (C=O) groups is 3. The fourth-order valence-corrected chi connectivity index (χ4v) is 2.30. The summed E-state index contributed by atoms with van der Waals surface area (Å²) in [5, 5.41) is 0. The average molecular weight is 376 g/mol. The van der Waals surface area contributed by atoms with E-state index in [2.05, 4.69) is 15.0 Å². The lowest BCUT2D eigenvalue weighted by molar-refractivity contribution is 0.0529. The number of ether oxygens (including phenoxy) is 1. The van der Waals surface area contributed by atoms with Crippen molar-refractivity contribution in [2.45, 2.75) is 66.9 Å². The lowest BCUT2D eigenvalue weighted by Gasteiger charge is -2.20. The summed E-state index contributed by atoms with van der Waals surface area (Å²) in [5.74, 6) is 1.42. The lowest BCUT2D eigenvalue weighted by Crippen LogP contribution is -2.28. The summed E-state index contributed by atoms with van der Waals surface area (Å²) in [6, 6.07) is 0. The summed E-state index contributed by atoms with van der Waals surface area (Å²) in [4.78, 5) is 44.2. The predicted molar refractivity (Wildman–Crippen MR) is 101 cm³/mol. The van der Waals surface area contributed by atoms with Gasteiger partial charge in [0.1, 0.15) is 28.6 Å². The number of aromatic amines is 1. The van der Waals surface area contributed by atoms with Gasteiger partial charge in [0.2, 0.25) is 0 Å². The summed E-state index contributed by atoms with van der Waals surface area (Å²) >= 11 is 0. The molecule has 2 aromatic heterocycles. The smallest absolute Gasteiger partial charge is 0.420 e. The fraction of sp³-hybridized carbons (Fsp3) is 0.526. The Balaban J connectivity index is 0.000000309. The molecule has 8 nitrogen and oxygen atoms in total. The first-order valence-electron chi connectivity index (χ1n) is 8.85. The molecule has 0 saturated heterocycles. The normalized spacial score (nSPS) is 10.8. The largest absolute Gasteiger partial charge is 0.443 e. The van der Waals surface area contributed by atoms with Crippen LogP contribution < -0.4 is 0 Å². The van der Waals surface area contributed by atoms with Gasteiger partial charge in [-0.1, -0.05) is 13.8 Å². The Labute approximate surface area is 159 Å². The number of rotatable bonds is 4. The Hall–Kier alpha value is -2.77. The molecule has 27 heavy (non-hydrogen) atoms. The molecule has 0 saturated carbocycles. The van der Waals surface area contributed by atoms with E-state index in [0.717, 1.165) is 24.2 Å². The number of carbonyl (C=O) groups excluding carboxylic acids is 3. The zero-order valence-corrected chi connectivity index (χ0v) is 17.0. The summed E-state index contributed by atoms with van der Waals surface area (Å²) < 4.78 is 6.63. The van der Waals surface area contributed by atoms with Crippen LogP contribution in [0.1, 0.15) is 78.6 Å². The second-order valence-corrected chi connectivity index (χ2v) is 6.95. The summed E-state index contributed by atoms with van der Waals surface area (Å²) in [7, 11) is 0. The van der Waals surface area contributed by atoms with E-state index >= 15 is 0 Å². The first-order chi connectivity index (χ1) is 12.6. The monoisotopic (exact) mass is 376 g/mol. The maximum Gasteiger partial charge on any atom is 0.420 e. The zero-order chi connectivity index (χ0) is 20.8. The van der Waals surface area contributed by atoms with Gasteiger partial charge in [-0.2, -0.15) is 0 Å². The van der Waals surface area contributed by atoms with Crippen LogP contribution in [-0.4, -0.2) is 43.8 Å². The van der Waals surface area contributed by atoms with Crippen LogP contribution in [0, 0.1) is 13.8 Å². The number of aryl methyl sites for hydroxylation is 3. The standard InChI is InChI=1S/C12H18N2O3.C7H10N2O/c1-6-10-13-9(7-15)8(2)14(10)11(16)17-12(3,4)5;1-3-7-8-5(2)6(4-10)9-7/h7H,6H2,1-5H3;4H,3H2,1-2H3,(H,8,9). The van der Waals surface area contributed by atoms with E-state index in [1.807, 2.05) is 20.8 Å². The molecule has 0 spiro atoms. The second kappa shape index (κ2) is 9.25. The van der Waals surface area contributed by atoms with Crippen LogP contribution in [0.15, 0.2) is 0 Å². The minimum absolute atomic E-state index is 0.285. The molecule has 148 valence electrons. The SMILES string of the molecule is CCc1nc(C=O)c(C)[nH]1.CCc1nc(C=O)c(C)n1C(=O)OC(C)(C)C. The van der Waals surface area contributed by atoms with Crippen molar-refractivity contribution in [1.82, 2.24) is 19.5 Å². The van der Waals surface area contributed by atoms with Crippen LogP contribution in [0.4, 0.5) is 4.79 Å². The fourth-order valence-electron chi connectivity index (χ4n) is 2.30. The highest BCUT2D eigenvalue weighted by Gasteiger charge is 2.23. The Morgan fingerprint density at radius 3 is 2.04 bits per heavy atom. The van der Waals surface area contributed by atoms with Crippen molar-refractivity contribution < 1.29 is 19.1 Å². The molecule has 1 N–H and O–H groups in total. The van der Waals surface area contributed by atoms with Crippen LogP contribution in [0.5, 0.6) is 0 Å². The molecule has 2 heterocycles. The number of nitrogens with one attached hydrogen (secondary N) is 1. The van der Waals surface area contributed by atoms with Crippen molar-refractivity contribution in [1.29, 1.82) is 0 Å². The van der Waals surface area contributed by atoms with Gasteiger partial charge in [-0.05, 0) is 34.6 Å². The van der Waals surface area contributed by atoms with Crippen LogP contribution in [-0.2, 0) is 17.6 Å². The van der Waals surface area contributed by atoms with E-state index in [0.29, 0.717) is 29.9 Å². The van der Waals surface area contributed by atoms with Crippen molar-refractivity contribution >= 4 is 18.7 Å². The molecule has 2 rings (SSSR count). The summed E-state index contributed by atoms with van der Waals surface area (Å²) in [6.45, 7) is 12.8. The van der Waals surface area contributed by atoms with Gasteiger partial charge >= 0.3 is 6.09 Å². The number of imidazole rings is 2. The Morgan fingerprint density at radius 2 is 1.67 bits per heavy atom. The second-order valence-electron chi connectivity index (χ2n) is 6.95. The number of hydrogen-bond acceptors (Lipinski definition) is 6. The molecule has 0 aliphatic carbocycles. The zero-order valence-electron chi connectivity index (χ0n) is 17.0. The molecular formula is C19H28N4O4. The van der Waals surface area contributed by atoms with Gasteiger partial charge in [-0.15, -0.1) is 0 Å². The molecule has 0 aliphatic heterocycles. The topological polar surface area (TPSA) is 107 Å². The molecule has 8 heteroatoms. The molecule has 2 aromatic rings. The number of aromatic nitrogens is 4. The summed E-state index contributed by atoms with van der Waals surface area (Å²) in [5.41, 5.74) is 1.61. The van der Waals surface area contributed by atoms with Crippen LogP contribution in [0.2, 0.25) is 0 Å². The highest BCUT2D eigenvalue weighted by Crippen LogP contribution is 2.15. The molecule has 0 amide bonds. The first-order valence-corrected chi connectivity index (χ1v) is 8.85. The van der Waals surface area contributed by atoms with Crippen LogP contribution in [0.25, 0.3) is 0 Å². The highest BCUT2D eigenvalue weighted by molar-refractivity contribution is 5.79. The number of hydrogen-bond donors (Lipinski definition) is 1. The molecule has 0 unspecified atom stereocenters. The molecule has 0 fully saturated rings. The number of H-pyrrole nitrogens is 1. The Bertz CT molecular complexity index is 813. The first kappa shape index (κ1) is 22.3. The third-order valence-electron chi connectivity index (χ3n) is 3.64. The molecule has 0 radical (unpaired) electrons. The molecule has 0 bridgehead atoms. The maximum absolute atomic E-state index is 12.0. The average Bonchev–Trinajstić information content (AvgIpc) is 3.12. The lowest BCUT2D eigenvalue weighted by atomic mass is 10.2. The van der Waals surface area contributed by atoms with Crippen molar-refractivity contribution in [3.05, 3.63) is 34.4 Å². The number of aldehydes is 2. The van der Waals surface area contributed by atoms with E-state index in [9.17, 15) is 14.4 Å². The van der Waals surface area contributed by atoms with Crippen molar-refractivity contribution in [2.75, 3.05) is 0 Å². The molecule has 0 aromatic carbocycles. The van der Waals surface area contributed by atoms with Gasteiger partial charge in [0.05, 0.1) is 5.69 Å². The van der Waals surface area contributed by atoms with E-state index < -0.39 is 11.7 Å². The van der Waals surface area contributed by atoms with Gasteiger partial charge in [0, 0.05) is 18.5 Å². The minimum atomic E-state index is -0.569. The van der Waals surface area contributed by atoms with Gasteiger partial charge in [-0.3, -0.25) is 9.59 Å². The Kier molecular flexibility index (Phi) is 7.63. The van der Waals surface area contributed by atoms with E-state index in [4.69, 9.17) is 4.74 Å². The van der Waals surface area contributed by atoms with Gasteiger partial charge in [0.15, 0.2) is 12.6 Å². The molecule has 0 aliphatic rings. The van der Waals surface area contributed by atoms with Gasteiger partial charge < -0.3 is 9.72 Å². The maximum atomic E-state index is 12.0. The molecule has 0 atom stereocenters. The van der Waals surface area contributed by atoms with Crippen LogP contribution >= 0.6 is 0 Å². The van der Waals surface area contributed by atoms with E-state index in [-0.39, 0.29) is 5.69 Å². The van der Waals surface area contributed by atoms with Crippen molar-refractivity contribution in [3.8, 4) is 0 Å². The van der Waals surface area contributed by atoms with Crippen molar-refractivity contribution in [3.63, 3.8) is 0 Å². The minimum Gasteiger partial charge on any atom is -0.443 e. The van der Waals surface area contributed by atoms with Crippen molar-refractivity contribution in [2.24, 2.45) is 0 Å². The van der Waals surface area contributed by atoms with E-state index in [1.54, 1.807) is 27.7 Å². The molecular weight excluding hydrogens is 348 g/mol. The predicted octanol–water partition coefficient (Wildman–Crippen LogP) is 3.44. The van der Waals surface area contributed by atoms with Gasteiger partial charge in [0.25, 0.3) is 0 Å². The highest BCUT2D eigenvalue weighted by atomic mass is 16.6. The van der Waals surface area contributed by atoms with E-state index in [1.165, 1.54) is 4.57 Å². The van der Waals surface area contributed by atoms with Crippen LogP contribution in [0.3, 0.4) is 0 Å². The number of nitrogens with zero attached hydrogens (tertiary/aromatic N) is 3. The Morgan fingerprint density at radius 1 is 1.07 bits per heavy atom. The van der Waals surface area contributed by atoms with Gasteiger partial charge in [-0.25, -0.2) is 19.3 Å². The quantitative estimate of drug-likeness (QED) is 0.819. The third-order valence-corrected chi connectivity index (χ3v) is 3.64. The third kappa shape index (κ3) is 5.87.